The minimum absolute atomic E-state index is 0.146. The van der Waals surface area contributed by atoms with Crippen molar-refractivity contribution >= 4 is 23.4 Å². The molecule has 20 nitrogen and oxygen atoms in total. The number of hydrogen-bond donors (Lipinski definition) is 5. The van der Waals surface area contributed by atoms with Gasteiger partial charge >= 0.3 is 12.1 Å². The maximum Gasteiger partial charge on any atom is 0.414 e. The molecule has 4 aliphatic heterocycles. The average Bonchev–Trinajstić information content (AvgIpc) is 3.92. The van der Waals surface area contributed by atoms with Crippen LogP contribution in [-0.4, -0.2) is 201 Å². The van der Waals surface area contributed by atoms with Crippen molar-refractivity contribution in [2.75, 3.05) is 76.4 Å². The molecule has 4 aliphatic rings. The monoisotopic (exact) mass is 980 g/mol. The summed E-state index contributed by atoms with van der Waals surface area (Å²) in [5.74, 6) is -3.37. The lowest BCUT2D eigenvalue weighted by molar-refractivity contribution is -0.300. The Morgan fingerprint density at radius 2 is 1.71 bits per heavy atom. The Bertz CT molecular complexity index is 1990. The number of aliphatic hydroxyl groups is 5. The predicted molar refractivity (Wildman–Crippen MR) is 251 cm³/mol. The quantitative estimate of drug-likeness (QED) is 0.143. The van der Waals surface area contributed by atoms with Crippen molar-refractivity contribution in [1.29, 1.82) is 0 Å². The summed E-state index contributed by atoms with van der Waals surface area (Å²) in [5.41, 5.74) is -1.98. The van der Waals surface area contributed by atoms with Crippen LogP contribution in [0.2, 0.25) is 0 Å². The Balaban J connectivity index is 1.04. The fourth-order valence-corrected chi connectivity index (χ4v) is 10.5. The van der Waals surface area contributed by atoms with Gasteiger partial charge in [0.15, 0.2) is 6.29 Å². The van der Waals surface area contributed by atoms with Gasteiger partial charge in [-0.1, -0.05) is 26.0 Å². The third-order valence-electron chi connectivity index (χ3n) is 14.7. The first-order valence-electron chi connectivity index (χ1n) is 24.5. The van der Waals surface area contributed by atoms with E-state index in [0.29, 0.717) is 62.9 Å². The molecule has 1 amide bonds. The van der Waals surface area contributed by atoms with Gasteiger partial charge in [0.05, 0.1) is 86.9 Å². The second-order valence-electron chi connectivity index (χ2n) is 20.5. The number of aromatic nitrogens is 3. The van der Waals surface area contributed by atoms with E-state index in [4.69, 9.17) is 28.4 Å². The fraction of sp³-hybridized carbons (Fsp3) is 0.792. The largest absolute Gasteiger partial charge is 0.459 e. The Hall–Kier alpha value is -3.61. The zero-order valence-corrected chi connectivity index (χ0v) is 42.0. The van der Waals surface area contributed by atoms with E-state index in [2.05, 4.69) is 10.3 Å². The standard InChI is InChI=1S/C48H78FN7O13/c1-11-39-48(8,63)42(59)32(6)53(10)23-28(2)22-47(7,62)43(30(4)40(57)31(5)44(60)68-39)69-45-41(58)38(20-29(3)66-45)52(9)14-17-65-27-33-24-55(51-50-33)25-35-26-56(46(61)67-35)34-12-13-37(36(49)21-34)54-15-18-64-19-16-54/h12-13,21,24,28-32,35,38-43,45,57-59,62-63H,11,14-20,22-23,25-27H2,1-10H3/t28-,29-,30+,31-,32-,35+,38+,39-,40+,41-,42-,43-,45?,47-,48-/m1/s1. The van der Waals surface area contributed by atoms with Crippen molar-refractivity contribution in [3.63, 3.8) is 0 Å². The number of morpholine rings is 1. The van der Waals surface area contributed by atoms with E-state index < -0.39 is 95.9 Å². The first kappa shape index (κ1) is 54.7. The van der Waals surface area contributed by atoms with E-state index in [1.54, 1.807) is 50.7 Å². The molecule has 0 aliphatic carbocycles. The number of hydrogen-bond acceptors (Lipinski definition) is 18. The highest BCUT2D eigenvalue weighted by Crippen LogP contribution is 2.37. The van der Waals surface area contributed by atoms with Gasteiger partial charge in [-0.15, -0.1) is 5.10 Å². The van der Waals surface area contributed by atoms with Crippen LogP contribution in [0.5, 0.6) is 0 Å². The Morgan fingerprint density at radius 3 is 2.39 bits per heavy atom. The molecule has 390 valence electrons. The number of halogens is 1. The molecule has 2 aromatic rings. The maximum absolute atomic E-state index is 15.1. The average molecular weight is 980 g/mol. The van der Waals surface area contributed by atoms with Crippen LogP contribution in [0.15, 0.2) is 24.4 Å². The van der Waals surface area contributed by atoms with Gasteiger partial charge in [0, 0.05) is 44.2 Å². The van der Waals surface area contributed by atoms with Gasteiger partial charge in [0.25, 0.3) is 0 Å². The molecule has 1 unspecified atom stereocenters. The summed E-state index contributed by atoms with van der Waals surface area (Å²) in [7, 11) is 3.67. The van der Waals surface area contributed by atoms with Crippen molar-refractivity contribution < 1.29 is 67.9 Å². The van der Waals surface area contributed by atoms with E-state index in [1.165, 1.54) is 24.8 Å². The van der Waals surface area contributed by atoms with Gasteiger partial charge in [-0.3, -0.25) is 14.6 Å². The molecule has 1 aromatic heterocycles. The zero-order valence-electron chi connectivity index (χ0n) is 42.0. The number of ether oxygens (including phenoxy) is 6. The summed E-state index contributed by atoms with van der Waals surface area (Å²) < 4.78 is 52.2. The Kier molecular flexibility index (Phi) is 18.5. The second kappa shape index (κ2) is 23.3. The van der Waals surface area contributed by atoms with Gasteiger partial charge < -0.3 is 63.8 Å². The fourth-order valence-electron chi connectivity index (χ4n) is 10.5. The van der Waals surface area contributed by atoms with E-state index in [1.807, 2.05) is 42.6 Å². The number of carbonyl (C=O) groups is 2. The normalized spacial score (nSPS) is 37.1. The smallest absolute Gasteiger partial charge is 0.414 e. The van der Waals surface area contributed by atoms with Crippen LogP contribution in [-0.2, 0) is 46.4 Å². The number of benzene rings is 1. The van der Waals surface area contributed by atoms with E-state index in [-0.39, 0.29) is 51.2 Å². The highest BCUT2D eigenvalue weighted by atomic mass is 19.1. The van der Waals surface area contributed by atoms with Crippen molar-refractivity contribution in [2.24, 2.45) is 17.8 Å². The van der Waals surface area contributed by atoms with Gasteiger partial charge in [-0.2, -0.15) is 0 Å². The van der Waals surface area contributed by atoms with E-state index >= 15 is 4.39 Å². The molecule has 5 N–H and O–H groups in total. The first-order chi connectivity index (χ1) is 32.5. The molecule has 15 atom stereocenters. The van der Waals surface area contributed by atoms with Crippen molar-refractivity contribution in [2.45, 2.75) is 160 Å². The molecule has 0 spiro atoms. The molecule has 1 aromatic carbocycles. The molecule has 21 heteroatoms. The van der Waals surface area contributed by atoms with Crippen LogP contribution in [0.3, 0.4) is 0 Å². The highest BCUT2D eigenvalue weighted by Gasteiger charge is 2.50. The number of aliphatic hydroxyl groups excluding tert-OH is 3. The maximum atomic E-state index is 15.1. The van der Waals surface area contributed by atoms with Crippen LogP contribution in [0.25, 0.3) is 0 Å². The highest BCUT2D eigenvalue weighted by molar-refractivity contribution is 5.90. The number of cyclic esters (lactones) is 2. The lowest BCUT2D eigenvalue weighted by atomic mass is 9.78. The molecule has 6 rings (SSSR count). The molecule has 69 heavy (non-hydrogen) atoms. The molecule has 0 radical (unpaired) electrons. The van der Waals surface area contributed by atoms with Crippen LogP contribution in [0.4, 0.5) is 20.6 Å². The lowest BCUT2D eigenvalue weighted by Gasteiger charge is -2.47. The number of likely N-dealkylation sites (N-methyl/N-ethyl adjacent to an activating group) is 2. The summed E-state index contributed by atoms with van der Waals surface area (Å²) in [4.78, 5) is 33.6. The molecule has 4 fully saturated rings. The van der Waals surface area contributed by atoms with Gasteiger partial charge in [0.1, 0.15) is 41.5 Å². The Labute approximate surface area is 405 Å². The molecule has 4 saturated heterocycles. The van der Waals surface area contributed by atoms with E-state index in [9.17, 15) is 35.1 Å². The predicted octanol–water partition coefficient (Wildman–Crippen LogP) is 2.16. The van der Waals surface area contributed by atoms with Crippen LogP contribution >= 0.6 is 0 Å². The Morgan fingerprint density at radius 1 is 1.00 bits per heavy atom. The lowest BCUT2D eigenvalue weighted by Crippen LogP contribution is -2.59. The number of rotatable bonds is 13. The summed E-state index contributed by atoms with van der Waals surface area (Å²) in [6.07, 6.45) is -6.20. The summed E-state index contributed by atoms with van der Waals surface area (Å²) in [5, 5.41) is 67.2. The third kappa shape index (κ3) is 13.1. The summed E-state index contributed by atoms with van der Waals surface area (Å²) in [6, 6.07) is 3.73. The van der Waals surface area contributed by atoms with Crippen molar-refractivity contribution in [3.05, 3.63) is 35.9 Å². The van der Waals surface area contributed by atoms with Crippen molar-refractivity contribution in [3.8, 4) is 0 Å². The number of esters is 1. The molecule has 5 heterocycles. The van der Waals surface area contributed by atoms with Crippen LogP contribution in [0.1, 0.15) is 80.3 Å². The first-order valence-corrected chi connectivity index (χ1v) is 24.5. The van der Waals surface area contributed by atoms with Gasteiger partial charge in [-0.25, -0.2) is 13.9 Å². The number of nitrogens with zero attached hydrogens (tertiary/aromatic N) is 7. The molecule has 0 bridgehead atoms. The van der Waals surface area contributed by atoms with Crippen LogP contribution < -0.4 is 9.80 Å². The van der Waals surface area contributed by atoms with Crippen LogP contribution in [0, 0.1) is 23.6 Å². The second-order valence-corrected chi connectivity index (χ2v) is 20.5. The number of carbonyl (C=O) groups excluding carboxylic acids is 2. The number of anilines is 2. The van der Waals surface area contributed by atoms with Crippen molar-refractivity contribution in [1.82, 2.24) is 24.8 Å². The van der Waals surface area contributed by atoms with Gasteiger partial charge in [-0.05, 0) is 92.1 Å². The van der Waals surface area contributed by atoms with Gasteiger partial charge in [0.2, 0.25) is 0 Å². The minimum atomic E-state index is -1.80. The summed E-state index contributed by atoms with van der Waals surface area (Å²) in [6.45, 7) is 17.5. The number of amides is 1. The molecular weight excluding hydrogens is 902 g/mol. The third-order valence-corrected chi connectivity index (χ3v) is 14.7. The molecule has 0 saturated carbocycles. The topological polar surface area (TPSA) is 234 Å². The summed E-state index contributed by atoms with van der Waals surface area (Å²) >= 11 is 0. The molecular formula is C48H78FN7O13. The van der Waals surface area contributed by atoms with E-state index in [0.717, 1.165) is 0 Å². The zero-order chi connectivity index (χ0) is 50.5. The SMILES string of the molecule is CC[C@H]1OC(=O)[C@H](C)[C@@H](O)[C@H](C)[C@@H](OC2O[C@H](C)C[C@H](N(C)CCOCc3cn(C[C@H]4CN(c5ccc(N6CCOCC6)c(F)c5)C(=O)O4)nn3)[C@H]2O)[C@](C)(O)C[C@@H](C)CN(C)[C@H](C)[C@@H](O)[C@]1(C)O. The minimum Gasteiger partial charge on any atom is -0.459 e.